The maximum absolute atomic E-state index is 4.98. The van der Waals surface area contributed by atoms with Crippen molar-refractivity contribution in [2.75, 3.05) is 11.9 Å². The summed E-state index contributed by atoms with van der Waals surface area (Å²) in [6, 6.07) is 8.60. The van der Waals surface area contributed by atoms with Crippen LogP contribution in [0.1, 0.15) is 29.5 Å². The van der Waals surface area contributed by atoms with Crippen molar-refractivity contribution in [3.63, 3.8) is 0 Å². The monoisotopic (exact) mass is 396 g/mol. The van der Waals surface area contributed by atoms with Gasteiger partial charge < -0.3 is 5.32 Å². The van der Waals surface area contributed by atoms with Crippen LogP contribution in [0.15, 0.2) is 41.1 Å². The molecule has 1 aromatic carbocycles. The molecule has 0 spiro atoms. The molecule has 0 bridgehead atoms. The van der Waals surface area contributed by atoms with Gasteiger partial charge >= 0.3 is 0 Å². The van der Waals surface area contributed by atoms with Crippen molar-refractivity contribution in [1.82, 2.24) is 14.8 Å². The molecule has 3 heterocycles. The van der Waals surface area contributed by atoms with E-state index in [2.05, 4.69) is 69.0 Å². The topological polar surface area (TPSA) is 42.7 Å². The van der Waals surface area contributed by atoms with Crippen LogP contribution in [0.3, 0.4) is 0 Å². The number of hydrogen-bond donors (Lipinski definition) is 1. The molecular weight excluding hydrogens is 376 g/mol. The van der Waals surface area contributed by atoms with Crippen LogP contribution in [0.4, 0.5) is 5.82 Å². The van der Waals surface area contributed by atoms with E-state index in [1.54, 1.807) is 6.20 Å². The van der Waals surface area contributed by atoms with Gasteiger partial charge in [-0.3, -0.25) is 4.98 Å². The van der Waals surface area contributed by atoms with Gasteiger partial charge in [0, 0.05) is 34.5 Å². The summed E-state index contributed by atoms with van der Waals surface area (Å²) < 4.78 is 3.03. The van der Waals surface area contributed by atoms with Gasteiger partial charge in [0.15, 0.2) is 0 Å². The second kappa shape index (κ2) is 6.64. The summed E-state index contributed by atoms with van der Waals surface area (Å²) in [5.41, 5.74) is 7.04. The van der Waals surface area contributed by atoms with E-state index in [9.17, 15) is 0 Å². The zero-order valence-corrected chi connectivity index (χ0v) is 16.1. The third-order valence-electron chi connectivity index (χ3n) is 4.84. The molecule has 1 aliphatic rings. The van der Waals surface area contributed by atoms with Crippen LogP contribution in [0.2, 0.25) is 0 Å². The Labute approximate surface area is 156 Å². The number of nitrogens with one attached hydrogen (secondary N) is 1. The highest BCUT2D eigenvalue weighted by molar-refractivity contribution is 9.10. The van der Waals surface area contributed by atoms with E-state index in [0.717, 1.165) is 40.2 Å². The summed E-state index contributed by atoms with van der Waals surface area (Å²) in [6.45, 7) is 5.27. The van der Waals surface area contributed by atoms with Crippen LogP contribution < -0.4 is 5.32 Å². The standard InChI is InChI=1S/C20H21BrN4/c1-13-6-7-17(9-14(13)2)25-20-18(5-3-4-8-23-20)19(24-25)15-10-16(21)12-22-11-15/h6-7,9-12,23H,3-5,8H2,1-2H3. The Balaban J connectivity index is 1.91. The Morgan fingerprint density at radius 3 is 2.76 bits per heavy atom. The zero-order chi connectivity index (χ0) is 17.4. The number of aromatic nitrogens is 3. The normalized spacial score (nSPS) is 13.9. The third-order valence-corrected chi connectivity index (χ3v) is 5.28. The highest BCUT2D eigenvalue weighted by Gasteiger charge is 2.22. The molecule has 0 amide bonds. The minimum Gasteiger partial charge on any atom is -0.370 e. The van der Waals surface area contributed by atoms with Gasteiger partial charge in [-0.25, -0.2) is 4.68 Å². The van der Waals surface area contributed by atoms with Crippen LogP contribution in [-0.2, 0) is 6.42 Å². The van der Waals surface area contributed by atoms with Crippen molar-refractivity contribution >= 4 is 21.7 Å². The molecule has 2 aromatic heterocycles. The molecule has 5 heteroatoms. The fourth-order valence-electron chi connectivity index (χ4n) is 3.32. The molecule has 0 radical (unpaired) electrons. The van der Waals surface area contributed by atoms with Crippen LogP contribution in [0.5, 0.6) is 0 Å². The minimum absolute atomic E-state index is 0.973. The third kappa shape index (κ3) is 3.09. The Hall–Kier alpha value is -2.14. The van der Waals surface area contributed by atoms with Gasteiger partial charge in [-0.15, -0.1) is 0 Å². The van der Waals surface area contributed by atoms with E-state index in [1.165, 1.54) is 29.5 Å². The van der Waals surface area contributed by atoms with Crippen molar-refractivity contribution in [2.24, 2.45) is 0 Å². The number of pyridine rings is 1. The predicted octanol–water partition coefficient (Wildman–Crippen LogP) is 5.06. The first kappa shape index (κ1) is 16.3. The van der Waals surface area contributed by atoms with Gasteiger partial charge in [0.1, 0.15) is 5.82 Å². The van der Waals surface area contributed by atoms with Crippen LogP contribution >= 0.6 is 15.9 Å². The Morgan fingerprint density at radius 1 is 1.08 bits per heavy atom. The van der Waals surface area contributed by atoms with Gasteiger partial charge in [-0.05, 0) is 78.4 Å². The maximum Gasteiger partial charge on any atom is 0.133 e. The number of rotatable bonds is 2. The van der Waals surface area contributed by atoms with Gasteiger partial charge in [0.2, 0.25) is 0 Å². The lowest BCUT2D eigenvalue weighted by Crippen LogP contribution is -2.07. The summed E-state index contributed by atoms with van der Waals surface area (Å²) in [5.74, 6) is 1.12. The number of halogens is 1. The molecule has 25 heavy (non-hydrogen) atoms. The molecule has 4 nitrogen and oxygen atoms in total. The van der Waals surface area contributed by atoms with E-state index in [0.29, 0.717) is 0 Å². The van der Waals surface area contributed by atoms with E-state index in [-0.39, 0.29) is 0 Å². The van der Waals surface area contributed by atoms with Gasteiger partial charge in [0.25, 0.3) is 0 Å². The Kier molecular flexibility index (Phi) is 4.34. The molecule has 1 aliphatic heterocycles. The summed E-state index contributed by atoms with van der Waals surface area (Å²) >= 11 is 3.53. The van der Waals surface area contributed by atoms with Crippen molar-refractivity contribution < 1.29 is 0 Å². The lowest BCUT2D eigenvalue weighted by molar-refractivity contribution is 0.780. The van der Waals surface area contributed by atoms with E-state index >= 15 is 0 Å². The Bertz CT molecular complexity index is 929. The van der Waals surface area contributed by atoms with Crippen molar-refractivity contribution in [3.05, 3.63) is 57.8 Å². The van der Waals surface area contributed by atoms with Crippen molar-refractivity contribution in [1.29, 1.82) is 0 Å². The average molecular weight is 397 g/mol. The van der Waals surface area contributed by atoms with Crippen LogP contribution in [0.25, 0.3) is 16.9 Å². The highest BCUT2D eigenvalue weighted by atomic mass is 79.9. The van der Waals surface area contributed by atoms with Crippen molar-refractivity contribution in [2.45, 2.75) is 33.1 Å². The Morgan fingerprint density at radius 2 is 1.96 bits per heavy atom. The summed E-state index contributed by atoms with van der Waals surface area (Å²) in [7, 11) is 0. The van der Waals surface area contributed by atoms with Crippen LogP contribution in [0, 0.1) is 13.8 Å². The summed E-state index contributed by atoms with van der Waals surface area (Å²) in [4.78, 5) is 4.32. The van der Waals surface area contributed by atoms with Crippen molar-refractivity contribution in [3.8, 4) is 16.9 Å². The molecule has 4 rings (SSSR count). The second-order valence-corrected chi connectivity index (χ2v) is 7.55. The van der Waals surface area contributed by atoms with E-state index in [4.69, 9.17) is 5.10 Å². The SMILES string of the molecule is Cc1ccc(-n2nc(-c3cncc(Br)c3)c3c2NCCCC3)cc1C. The molecule has 128 valence electrons. The maximum atomic E-state index is 4.98. The number of aryl methyl sites for hydroxylation is 2. The number of benzene rings is 1. The molecule has 0 atom stereocenters. The molecule has 0 saturated carbocycles. The number of anilines is 1. The lowest BCUT2D eigenvalue weighted by atomic mass is 10.1. The number of nitrogens with zero attached hydrogens (tertiary/aromatic N) is 3. The molecule has 1 N–H and O–H groups in total. The van der Waals surface area contributed by atoms with Gasteiger partial charge in [0.05, 0.1) is 11.4 Å². The summed E-state index contributed by atoms with van der Waals surface area (Å²) in [5, 5.41) is 8.58. The smallest absolute Gasteiger partial charge is 0.133 e. The van der Waals surface area contributed by atoms with Gasteiger partial charge in [-0.2, -0.15) is 5.10 Å². The average Bonchev–Trinajstić information content (AvgIpc) is 2.79. The quantitative estimate of drug-likeness (QED) is 0.657. The van der Waals surface area contributed by atoms with E-state index in [1.807, 2.05) is 6.20 Å². The number of fused-ring (bicyclic) bond motifs is 1. The summed E-state index contributed by atoms with van der Waals surface area (Å²) in [6.07, 6.45) is 7.09. The first-order chi connectivity index (χ1) is 12.1. The number of hydrogen-bond acceptors (Lipinski definition) is 3. The molecule has 0 saturated heterocycles. The van der Waals surface area contributed by atoms with E-state index < -0.39 is 0 Å². The molecule has 0 unspecified atom stereocenters. The molecule has 3 aromatic rings. The largest absolute Gasteiger partial charge is 0.370 e. The fourth-order valence-corrected chi connectivity index (χ4v) is 3.68. The predicted molar refractivity (Wildman–Crippen MR) is 105 cm³/mol. The minimum atomic E-state index is 0.973. The molecule has 0 aliphatic carbocycles. The first-order valence-electron chi connectivity index (χ1n) is 8.68. The molecular formula is C20H21BrN4. The molecule has 0 fully saturated rings. The second-order valence-electron chi connectivity index (χ2n) is 6.63. The first-order valence-corrected chi connectivity index (χ1v) is 9.47. The fraction of sp³-hybridized carbons (Fsp3) is 0.300. The van der Waals surface area contributed by atoms with Gasteiger partial charge in [-0.1, -0.05) is 6.07 Å². The van der Waals surface area contributed by atoms with Crippen LogP contribution in [-0.4, -0.2) is 21.3 Å². The zero-order valence-electron chi connectivity index (χ0n) is 14.5. The highest BCUT2D eigenvalue weighted by Crippen LogP contribution is 2.34. The lowest BCUT2D eigenvalue weighted by Gasteiger charge is -2.10.